The molecule has 0 spiro atoms. The van der Waals surface area contributed by atoms with Gasteiger partial charge in [-0.2, -0.15) is 0 Å². The monoisotopic (exact) mass is 296 g/mol. The predicted octanol–water partition coefficient (Wildman–Crippen LogP) is 1.70. The normalized spacial score (nSPS) is 10.9. The lowest BCUT2D eigenvalue weighted by Crippen LogP contribution is -2.42. The highest BCUT2D eigenvalue weighted by Crippen LogP contribution is 2.11. The zero-order valence-corrected chi connectivity index (χ0v) is 13.5. The number of amides is 3. The van der Waals surface area contributed by atoms with Crippen molar-refractivity contribution in [2.45, 2.75) is 46.3 Å². The first kappa shape index (κ1) is 17.0. The molecule has 118 valence electrons. The minimum absolute atomic E-state index is 0.000240. The topological polar surface area (TPSA) is 78.7 Å². The van der Waals surface area contributed by atoms with Crippen molar-refractivity contribution in [3.8, 4) is 0 Å². The first-order valence-corrected chi connectivity index (χ1v) is 6.95. The van der Waals surface area contributed by atoms with Crippen LogP contribution in [0.2, 0.25) is 0 Å². The number of oxazole rings is 1. The molecule has 0 aliphatic heterocycles. The van der Waals surface area contributed by atoms with E-state index in [0.29, 0.717) is 5.89 Å². The molecule has 0 radical (unpaired) electrons. The lowest BCUT2D eigenvalue weighted by molar-refractivity contribution is 0.0938. The molecule has 0 bridgehead atoms. The summed E-state index contributed by atoms with van der Waals surface area (Å²) in [4.78, 5) is 31.1. The van der Waals surface area contributed by atoms with Crippen LogP contribution in [0.5, 0.6) is 0 Å². The predicted molar refractivity (Wildman–Crippen MR) is 78.9 cm³/mol. The summed E-state index contributed by atoms with van der Waals surface area (Å²) < 4.78 is 5.29. The van der Waals surface area contributed by atoms with Crippen LogP contribution >= 0.6 is 0 Å². The lowest BCUT2D eigenvalue weighted by atomic mass is 10.3. The second-order valence-corrected chi connectivity index (χ2v) is 5.65. The van der Waals surface area contributed by atoms with Crippen LogP contribution in [0, 0.1) is 0 Å². The van der Waals surface area contributed by atoms with Crippen molar-refractivity contribution in [1.29, 1.82) is 0 Å². The van der Waals surface area contributed by atoms with E-state index in [1.54, 1.807) is 19.0 Å². The summed E-state index contributed by atoms with van der Waals surface area (Å²) in [6, 6.07) is -0.101. The molecule has 1 aromatic rings. The summed E-state index contributed by atoms with van der Waals surface area (Å²) in [6.07, 6.45) is 1.31. The Balaban J connectivity index is 2.80. The van der Waals surface area contributed by atoms with Gasteiger partial charge in [0.25, 0.3) is 5.91 Å². The summed E-state index contributed by atoms with van der Waals surface area (Å²) in [7, 11) is 3.38. The zero-order chi connectivity index (χ0) is 16.2. The number of hydrogen-bond acceptors (Lipinski definition) is 4. The van der Waals surface area contributed by atoms with Crippen LogP contribution in [-0.2, 0) is 6.54 Å². The third kappa shape index (κ3) is 4.77. The van der Waals surface area contributed by atoms with Gasteiger partial charge in [-0.25, -0.2) is 9.78 Å². The molecule has 0 saturated heterocycles. The maximum absolute atomic E-state index is 12.1. The number of urea groups is 1. The highest BCUT2D eigenvalue weighted by molar-refractivity contribution is 5.92. The molecule has 0 atom stereocenters. The number of nitrogens with zero attached hydrogens (tertiary/aromatic N) is 3. The van der Waals surface area contributed by atoms with Crippen LogP contribution in [0.1, 0.15) is 44.1 Å². The van der Waals surface area contributed by atoms with E-state index in [1.165, 1.54) is 11.2 Å². The molecular weight excluding hydrogens is 272 g/mol. The number of aromatic nitrogens is 1. The van der Waals surface area contributed by atoms with E-state index in [9.17, 15) is 9.59 Å². The molecule has 0 aliphatic rings. The fourth-order valence-electron chi connectivity index (χ4n) is 1.70. The Morgan fingerprint density at radius 1 is 1.29 bits per heavy atom. The first-order chi connectivity index (χ1) is 9.72. The van der Waals surface area contributed by atoms with Crippen LogP contribution in [0.15, 0.2) is 10.7 Å². The van der Waals surface area contributed by atoms with Gasteiger partial charge in [-0.1, -0.05) is 0 Å². The number of rotatable bonds is 5. The third-order valence-corrected chi connectivity index (χ3v) is 2.76. The Bertz CT molecular complexity index is 494. The van der Waals surface area contributed by atoms with Gasteiger partial charge in [0.2, 0.25) is 5.89 Å². The summed E-state index contributed by atoms with van der Waals surface area (Å²) in [5.41, 5.74) is 0.222. The zero-order valence-electron chi connectivity index (χ0n) is 13.5. The van der Waals surface area contributed by atoms with Crippen LogP contribution < -0.4 is 5.32 Å². The van der Waals surface area contributed by atoms with Crippen molar-refractivity contribution in [1.82, 2.24) is 20.1 Å². The molecule has 7 heteroatoms. The molecule has 1 N–H and O–H groups in total. The van der Waals surface area contributed by atoms with Crippen LogP contribution in [0.3, 0.4) is 0 Å². The quantitative estimate of drug-likeness (QED) is 0.897. The smallest absolute Gasteiger partial charge is 0.320 e. The van der Waals surface area contributed by atoms with E-state index in [2.05, 4.69) is 10.3 Å². The maximum Gasteiger partial charge on any atom is 0.320 e. The number of carbonyl (C=O) groups is 2. The average molecular weight is 296 g/mol. The molecule has 1 rings (SSSR count). The van der Waals surface area contributed by atoms with E-state index in [0.717, 1.165) is 0 Å². The molecule has 3 amide bonds. The molecule has 0 aliphatic carbocycles. The van der Waals surface area contributed by atoms with Crippen molar-refractivity contribution in [2.75, 3.05) is 14.1 Å². The van der Waals surface area contributed by atoms with Crippen molar-refractivity contribution in [2.24, 2.45) is 0 Å². The molecule has 0 unspecified atom stereocenters. The molecule has 0 saturated carbocycles. The first-order valence-electron chi connectivity index (χ1n) is 6.95. The molecule has 0 aromatic carbocycles. The molecule has 1 heterocycles. The minimum Gasteiger partial charge on any atom is -0.446 e. The van der Waals surface area contributed by atoms with Crippen LogP contribution in [0.4, 0.5) is 4.79 Å². The van der Waals surface area contributed by atoms with Gasteiger partial charge in [-0.15, -0.1) is 0 Å². The Labute approximate surface area is 125 Å². The second-order valence-electron chi connectivity index (χ2n) is 5.65. The van der Waals surface area contributed by atoms with Gasteiger partial charge in [-0.05, 0) is 27.7 Å². The minimum atomic E-state index is -0.282. The summed E-state index contributed by atoms with van der Waals surface area (Å²) in [5.74, 6) is 0.0582. The van der Waals surface area contributed by atoms with Crippen molar-refractivity contribution in [3.05, 3.63) is 17.8 Å². The third-order valence-electron chi connectivity index (χ3n) is 2.76. The Morgan fingerprint density at radius 2 is 1.90 bits per heavy atom. The molecule has 1 aromatic heterocycles. The molecule has 0 fully saturated rings. The van der Waals surface area contributed by atoms with E-state index < -0.39 is 0 Å². The molecule has 21 heavy (non-hydrogen) atoms. The van der Waals surface area contributed by atoms with Gasteiger partial charge in [0.1, 0.15) is 6.26 Å². The van der Waals surface area contributed by atoms with Crippen LogP contribution in [-0.4, -0.2) is 52.9 Å². The van der Waals surface area contributed by atoms with Gasteiger partial charge in [-0.3, -0.25) is 4.79 Å². The standard InChI is InChI=1S/C14H24N4O3/c1-9(2)15-13(19)11-8-21-12(16-11)7-18(10(3)4)14(20)17(5)6/h8-10H,7H2,1-6H3,(H,15,19). The number of nitrogens with one attached hydrogen (secondary N) is 1. The number of hydrogen-bond donors (Lipinski definition) is 1. The highest BCUT2D eigenvalue weighted by Gasteiger charge is 2.22. The lowest BCUT2D eigenvalue weighted by Gasteiger charge is -2.28. The van der Waals surface area contributed by atoms with E-state index in [1.807, 2.05) is 27.7 Å². The van der Waals surface area contributed by atoms with Crippen LogP contribution in [0.25, 0.3) is 0 Å². The highest BCUT2D eigenvalue weighted by atomic mass is 16.3. The summed E-state index contributed by atoms with van der Waals surface area (Å²) in [5, 5.41) is 2.74. The fraction of sp³-hybridized carbons (Fsp3) is 0.643. The van der Waals surface area contributed by atoms with Gasteiger partial charge >= 0.3 is 6.03 Å². The largest absolute Gasteiger partial charge is 0.446 e. The van der Waals surface area contributed by atoms with E-state index >= 15 is 0 Å². The number of carbonyl (C=O) groups excluding carboxylic acids is 2. The van der Waals surface area contributed by atoms with Gasteiger partial charge < -0.3 is 19.5 Å². The summed E-state index contributed by atoms with van der Waals surface area (Å²) in [6.45, 7) is 7.79. The Kier molecular flexibility index (Phi) is 5.75. The van der Waals surface area contributed by atoms with Crippen molar-refractivity contribution in [3.63, 3.8) is 0 Å². The van der Waals surface area contributed by atoms with Crippen molar-refractivity contribution >= 4 is 11.9 Å². The van der Waals surface area contributed by atoms with Gasteiger partial charge in [0, 0.05) is 26.2 Å². The molecule has 7 nitrogen and oxygen atoms in total. The van der Waals surface area contributed by atoms with Gasteiger partial charge in [0.05, 0.1) is 6.54 Å². The summed E-state index contributed by atoms with van der Waals surface area (Å²) >= 11 is 0. The van der Waals surface area contributed by atoms with E-state index in [-0.39, 0.29) is 36.3 Å². The Hall–Kier alpha value is -2.05. The fourth-order valence-corrected chi connectivity index (χ4v) is 1.70. The van der Waals surface area contributed by atoms with Gasteiger partial charge in [0.15, 0.2) is 5.69 Å². The molecular formula is C14H24N4O3. The van der Waals surface area contributed by atoms with E-state index in [4.69, 9.17) is 4.42 Å². The second kappa shape index (κ2) is 7.10. The van der Waals surface area contributed by atoms with Crippen molar-refractivity contribution < 1.29 is 14.0 Å². The average Bonchev–Trinajstić information content (AvgIpc) is 2.82. The maximum atomic E-state index is 12.1. The Morgan fingerprint density at radius 3 is 2.38 bits per heavy atom. The SMILES string of the molecule is CC(C)NC(=O)c1coc(CN(C(=O)N(C)C)C(C)C)n1.